The molecule has 0 fully saturated rings. The van der Waals surface area contributed by atoms with Crippen molar-refractivity contribution in [3.63, 3.8) is 0 Å². The van der Waals surface area contributed by atoms with E-state index in [0.717, 1.165) is 11.1 Å². The van der Waals surface area contributed by atoms with Gasteiger partial charge in [-0.15, -0.1) is 0 Å². The lowest BCUT2D eigenvalue weighted by Crippen LogP contribution is -2.23. The standard InChI is InChI=1S/C16H16N2O5S/c1-21-12-4-6-14(22-2)16(8-12)24(19,20)18-9-11-3-5-13-15(7-11)23-10-17-13/h3-8,10,18H,9H2,1-2H3. The second-order valence-corrected chi connectivity index (χ2v) is 6.73. The van der Waals surface area contributed by atoms with Gasteiger partial charge in [0.05, 0.1) is 14.2 Å². The summed E-state index contributed by atoms with van der Waals surface area (Å²) in [6.07, 6.45) is 1.35. The van der Waals surface area contributed by atoms with E-state index in [2.05, 4.69) is 9.71 Å². The number of benzene rings is 2. The van der Waals surface area contributed by atoms with Gasteiger partial charge in [-0.3, -0.25) is 0 Å². The van der Waals surface area contributed by atoms with Gasteiger partial charge < -0.3 is 13.9 Å². The maximum atomic E-state index is 12.6. The van der Waals surface area contributed by atoms with Gasteiger partial charge in [0.15, 0.2) is 12.0 Å². The first kappa shape index (κ1) is 16.3. The molecule has 0 atom stereocenters. The van der Waals surface area contributed by atoms with E-state index < -0.39 is 10.0 Å². The Balaban J connectivity index is 1.85. The molecule has 2 aromatic carbocycles. The van der Waals surface area contributed by atoms with Crippen molar-refractivity contribution >= 4 is 21.1 Å². The van der Waals surface area contributed by atoms with Gasteiger partial charge in [0.1, 0.15) is 21.9 Å². The van der Waals surface area contributed by atoms with Gasteiger partial charge in [-0.25, -0.2) is 18.1 Å². The molecule has 7 nitrogen and oxygen atoms in total. The first-order valence-corrected chi connectivity index (χ1v) is 8.55. The molecule has 0 aliphatic carbocycles. The number of rotatable bonds is 6. The van der Waals surface area contributed by atoms with Crippen LogP contribution >= 0.6 is 0 Å². The van der Waals surface area contributed by atoms with Crippen LogP contribution in [0.15, 0.2) is 52.1 Å². The summed E-state index contributed by atoms with van der Waals surface area (Å²) >= 11 is 0. The van der Waals surface area contributed by atoms with Crippen LogP contribution in [0.25, 0.3) is 11.1 Å². The van der Waals surface area contributed by atoms with Crippen molar-refractivity contribution in [2.75, 3.05) is 14.2 Å². The van der Waals surface area contributed by atoms with Gasteiger partial charge >= 0.3 is 0 Å². The molecule has 3 rings (SSSR count). The SMILES string of the molecule is COc1ccc(OC)c(S(=O)(=O)NCc2ccc3ncoc3c2)c1. The zero-order valence-corrected chi connectivity index (χ0v) is 14.0. The fraction of sp³-hybridized carbons (Fsp3) is 0.188. The maximum Gasteiger partial charge on any atom is 0.244 e. The van der Waals surface area contributed by atoms with Crippen molar-refractivity contribution in [1.82, 2.24) is 9.71 Å². The highest BCUT2D eigenvalue weighted by molar-refractivity contribution is 7.89. The number of aromatic nitrogens is 1. The van der Waals surface area contributed by atoms with Crippen LogP contribution in [0.1, 0.15) is 5.56 Å². The molecule has 0 radical (unpaired) electrons. The Bertz CT molecular complexity index is 966. The number of nitrogens with zero attached hydrogens (tertiary/aromatic N) is 1. The number of ether oxygens (including phenoxy) is 2. The molecule has 0 amide bonds. The summed E-state index contributed by atoms with van der Waals surface area (Å²) in [6.45, 7) is 0.110. The third-order valence-electron chi connectivity index (χ3n) is 3.52. The van der Waals surface area contributed by atoms with Crippen LogP contribution < -0.4 is 14.2 Å². The van der Waals surface area contributed by atoms with Crippen LogP contribution in [-0.4, -0.2) is 27.6 Å². The largest absolute Gasteiger partial charge is 0.497 e. The molecule has 0 aliphatic heterocycles. The third-order valence-corrected chi connectivity index (χ3v) is 4.94. The molecule has 1 aromatic heterocycles. The average Bonchev–Trinajstić information content (AvgIpc) is 3.07. The van der Waals surface area contributed by atoms with Crippen molar-refractivity contribution in [3.05, 3.63) is 48.4 Å². The van der Waals surface area contributed by atoms with Crippen molar-refractivity contribution in [2.24, 2.45) is 0 Å². The Morgan fingerprint density at radius 1 is 1.12 bits per heavy atom. The van der Waals surface area contributed by atoms with E-state index in [1.54, 1.807) is 30.3 Å². The summed E-state index contributed by atoms with van der Waals surface area (Å²) < 4.78 is 43.2. The molecule has 0 bridgehead atoms. The molecule has 1 heterocycles. The van der Waals surface area contributed by atoms with Crippen molar-refractivity contribution in [2.45, 2.75) is 11.4 Å². The second kappa shape index (κ2) is 6.50. The monoisotopic (exact) mass is 348 g/mol. The average molecular weight is 348 g/mol. The molecular weight excluding hydrogens is 332 g/mol. The third kappa shape index (κ3) is 3.19. The van der Waals surface area contributed by atoms with Gasteiger partial charge in [0, 0.05) is 12.6 Å². The Morgan fingerprint density at radius 2 is 1.96 bits per heavy atom. The zero-order chi connectivity index (χ0) is 17.2. The normalized spacial score (nSPS) is 11.6. The van der Waals surface area contributed by atoms with E-state index in [9.17, 15) is 8.42 Å². The van der Waals surface area contributed by atoms with Gasteiger partial charge in [-0.05, 0) is 29.8 Å². The lowest BCUT2D eigenvalue weighted by molar-refractivity contribution is 0.392. The summed E-state index contributed by atoms with van der Waals surface area (Å²) in [6, 6.07) is 9.91. The molecule has 0 saturated carbocycles. The van der Waals surface area contributed by atoms with E-state index in [-0.39, 0.29) is 17.2 Å². The van der Waals surface area contributed by atoms with Crippen LogP contribution in [-0.2, 0) is 16.6 Å². The molecule has 8 heteroatoms. The predicted octanol–water partition coefficient (Wildman–Crippen LogP) is 2.32. The first-order valence-electron chi connectivity index (χ1n) is 7.07. The maximum absolute atomic E-state index is 12.6. The van der Waals surface area contributed by atoms with Gasteiger partial charge in [-0.1, -0.05) is 6.07 Å². The van der Waals surface area contributed by atoms with Crippen molar-refractivity contribution < 1.29 is 22.3 Å². The molecule has 126 valence electrons. The molecule has 0 aliphatic rings. The number of oxazole rings is 1. The summed E-state index contributed by atoms with van der Waals surface area (Å²) in [4.78, 5) is 4.04. The van der Waals surface area contributed by atoms with Gasteiger partial charge in [-0.2, -0.15) is 0 Å². The highest BCUT2D eigenvalue weighted by Gasteiger charge is 2.20. The number of nitrogens with one attached hydrogen (secondary N) is 1. The van der Waals surface area contributed by atoms with Crippen LogP contribution in [0.5, 0.6) is 11.5 Å². The number of fused-ring (bicyclic) bond motifs is 1. The molecule has 24 heavy (non-hydrogen) atoms. The molecule has 0 spiro atoms. The van der Waals surface area contributed by atoms with E-state index in [0.29, 0.717) is 11.3 Å². The minimum Gasteiger partial charge on any atom is -0.497 e. The first-order chi connectivity index (χ1) is 11.5. The highest BCUT2D eigenvalue weighted by atomic mass is 32.2. The van der Waals surface area contributed by atoms with Crippen molar-refractivity contribution in [1.29, 1.82) is 0 Å². The predicted molar refractivity (Wildman–Crippen MR) is 87.6 cm³/mol. The van der Waals surface area contributed by atoms with Crippen LogP contribution in [0.2, 0.25) is 0 Å². The Hall–Kier alpha value is -2.58. The fourth-order valence-electron chi connectivity index (χ4n) is 2.26. The summed E-state index contributed by atoms with van der Waals surface area (Å²) in [5.41, 5.74) is 2.08. The van der Waals surface area contributed by atoms with E-state index in [4.69, 9.17) is 13.9 Å². The zero-order valence-electron chi connectivity index (χ0n) is 13.1. The molecule has 0 saturated heterocycles. The summed E-state index contributed by atoms with van der Waals surface area (Å²) in [7, 11) is -0.889. The van der Waals surface area contributed by atoms with Gasteiger partial charge in [0.2, 0.25) is 10.0 Å². The minimum atomic E-state index is -3.77. The van der Waals surface area contributed by atoms with Crippen LogP contribution in [0, 0.1) is 0 Å². The van der Waals surface area contributed by atoms with Crippen LogP contribution in [0.3, 0.4) is 0 Å². The van der Waals surface area contributed by atoms with E-state index >= 15 is 0 Å². The fourth-order valence-corrected chi connectivity index (χ4v) is 3.46. The quantitative estimate of drug-likeness (QED) is 0.735. The Labute approximate surface area is 139 Å². The van der Waals surface area contributed by atoms with Crippen molar-refractivity contribution in [3.8, 4) is 11.5 Å². The molecule has 0 unspecified atom stereocenters. The highest BCUT2D eigenvalue weighted by Crippen LogP contribution is 2.28. The Morgan fingerprint density at radius 3 is 2.71 bits per heavy atom. The number of methoxy groups -OCH3 is 2. The minimum absolute atomic E-state index is 0.0186. The number of hydrogen-bond acceptors (Lipinski definition) is 6. The van der Waals surface area contributed by atoms with Crippen LogP contribution in [0.4, 0.5) is 0 Å². The molecular formula is C16H16N2O5S. The topological polar surface area (TPSA) is 90.7 Å². The summed E-state index contributed by atoms with van der Waals surface area (Å²) in [5, 5.41) is 0. The molecule has 1 N–H and O–H groups in total. The number of sulfonamides is 1. The molecule has 3 aromatic rings. The van der Waals surface area contributed by atoms with E-state index in [1.165, 1.54) is 26.7 Å². The summed E-state index contributed by atoms with van der Waals surface area (Å²) in [5.74, 6) is 0.674. The second-order valence-electron chi connectivity index (χ2n) is 5.00. The number of hydrogen-bond donors (Lipinski definition) is 1. The van der Waals surface area contributed by atoms with Gasteiger partial charge in [0.25, 0.3) is 0 Å². The Kier molecular flexibility index (Phi) is 4.41. The lowest BCUT2D eigenvalue weighted by Gasteiger charge is -2.12. The van der Waals surface area contributed by atoms with E-state index in [1.807, 2.05) is 0 Å². The smallest absolute Gasteiger partial charge is 0.244 e. The lowest BCUT2D eigenvalue weighted by atomic mass is 10.2.